The van der Waals surface area contributed by atoms with E-state index in [1.165, 1.54) is 11.1 Å². The van der Waals surface area contributed by atoms with Crippen LogP contribution in [-0.2, 0) is 6.54 Å². The molecule has 0 atom stereocenters. The zero-order chi connectivity index (χ0) is 9.97. The van der Waals surface area contributed by atoms with Crippen molar-refractivity contribution in [2.45, 2.75) is 13.5 Å². The van der Waals surface area contributed by atoms with Gasteiger partial charge in [0.25, 0.3) is 0 Å². The predicted octanol–water partition coefficient (Wildman–Crippen LogP) is 0.636. The molecule has 2 aromatic rings. The molecule has 74 valence electrons. The van der Waals surface area contributed by atoms with Crippen LogP contribution in [0.5, 0.6) is 0 Å². The van der Waals surface area contributed by atoms with Crippen molar-refractivity contribution < 1.29 is 0 Å². The molecule has 6 heteroatoms. The Morgan fingerprint density at radius 3 is 2.93 bits per heavy atom. The van der Waals surface area contributed by atoms with Gasteiger partial charge in [0.2, 0.25) is 11.9 Å². The number of nitrogens with one attached hydrogen (secondary N) is 3. The van der Waals surface area contributed by atoms with Crippen molar-refractivity contribution >= 4 is 11.9 Å². The number of hydrogen-bond donors (Lipinski definition) is 4. The molecular weight excluding hydrogens is 180 g/mol. The fraction of sp³-hybridized carbons (Fsp3) is 0.250. The quantitative estimate of drug-likeness (QED) is 0.573. The number of H-pyrrole nitrogens is 2. The standard InChI is InChI=1S/C8H12N6/c1-5-2-10-3-6(5)4-11-8-12-7(9)13-14-8/h2-3,10H,4H2,1H3,(H4,9,11,12,13,14). The van der Waals surface area contributed by atoms with Crippen LogP contribution in [0.4, 0.5) is 11.9 Å². The Hall–Kier alpha value is -1.98. The molecule has 14 heavy (non-hydrogen) atoms. The highest BCUT2D eigenvalue weighted by molar-refractivity contribution is 5.32. The van der Waals surface area contributed by atoms with Gasteiger partial charge in [-0.3, -0.25) is 0 Å². The Morgan fingerprint density at radius 2 is 2.36 bits per heavy atom. The summed E-state index contributed by atoms with van der Waals surface area (Å²) in [5.74, 6) is 0.835. The third-order valence-electron chi connectivity index (χ3n) is 2.00. The molecule has 6 nitrogen and oxygen atoms in total. The summed E-state index contributed by atoms with van der Waals surface area (Å²) in [6.07, 6.45) is 3.89. The van der Waals surface area contributed by atoms with Crippen molar-refractivity contribution in [2.24, 2.45) is 0 Å². The zero-order valence-electron chi connectivity index (χ0n) is 7.83. The van der Waals surface area contributed by atoms with Gasteiger partial charge in [-0.1, -0.05) is 0 Å². The number of nitrogen functional groups attached to an aromatic ring is 1. The maximum atomic E-state index is 5.38. The van der Waals surface area contributed by atoms with Crippen LogP contribution in [0.1, 0.15) is 11.1 Å². The number of aromatic nitrogens is 4. The summed E-state index contributed by atoms with van der Waals surface area (Å²) >= 11 is 0. The molecule has 0 amide bonds. The zero-order valence-corrected chi connectivity index (χ0v) is 7.83. The summed E-state index contributed by atoms with van der Waals surface area (Å²) in [7, 11) is 0. The smallest absolute Gasteiger partial charge is 0.243 e. The second-order valence-electron chi connectivity index (χ2n) is 3.06. The van der Waals surface area contributed by atoms with Gasteiger partial charge in [0.05, 0.1) is 0 Å². The molecule has 0 fully saturated rings. The first-order valence-electron chi connectivity index (χ1n) is 4.29. The topological polar surface area (TPSA) is 95.4 Å². The average molecular weight is 192 g/mol. The molecular formula is C8H12N6. The number of aromatic amines is 2. The van der Waals surface area contributed by atoms with Gasteiger partial charge < -0.3 is 16.0 Å². The first-order valence-corrected chi connectivity index (χ1v) is 4.29. The van der Waals surface area contributed by atoms with Crippen molar-refractivity contribution in [1.82, 2.24) is 20.2 Å². The van der Waals surface area contributed by atoms with Crippen LogP contribution in [-0.4, -0.2) is 20.2 Å². The lowest BCUT2D eigenvalue weighted by Gasteiger charge is -1.99. The molecule has 0 aromatic carbocycles. The Balaban J connectivity index is 1.98. The molecule has 0 aliphatic heterocycles. The summed E-state index contributed by atoms with van der Waals surface area (Å²) in [6.45, 7) is 2.73. The molecule has 0 aliphatic carbocycles. The summed E-state index contributed by atoms with van der Waals surface area (Å²) < 4.78 is 0. The number of rotatable bonds is 3. The number of hydrogen-bond acceptors (Lipinski definition) is 4. The van der Waals surface area contributed by atoms with Crippen molar-refractivity contribution in [3.63, 3.8) is 0 Å². The maximum absolute atomic E-state index is 5.38. The summed E-state index contributed by atoms with van der Waals surface area (Å²) in [6, 6.07) is 0. The molecule has 0 unspecified atom stereocenters. The fourth-order valence-electron chi connectivity index (χ4n) is 1.19. The minimum atomic E-state index is 0.318. The molecule has 2 rings (SSSR count). The Labute approximate surface area is 80.9 Å². The van der Waals surface area contributed by atoms with E-state index in [9.17, 15) is 0 Å². The van der Waals surface area contributed by atoms with Gasteiger partial charge in [0.1, 0.15) is 0 Å². The number of nitrogens with two attached hydrogens (primary N) is 1. The summed E-state index contributed by atoms with van der Waals surface area (Å²) in [5.41, 5.74) is 7.78. The molecule has 2 aromatic heterocycles. The van der Waals surface area contributed by atoms with E-state index in [0.717, 1.165) is 0 Å². The number of nitrogens with zero attached hydrogens (tertiary/aromatic N) is 2. The molecule has 0 bridgehead atoms. The van der Waals surface area contributed by atoms with Gasteiger partial charge >= 0.3 is 0 Å². The van der Waals surface area contributed by atoms with E-state index < -0.39 is 0 Å². The summed E-state index contributed by atoms with van der Waals surface area (Å²) in [4.78, 5) is 6.96. The van der Waals surface area contributed by atoms with Crippen molar-refractivity contribution in [3.05, 3.63) is 23.5 Å². The lowest BCUT2D eigenvalue weighted by molar-refractivity contribution is 1.04. The lowest BCUT2D eigenvalue weighted by atomic mass is 10.2. The largest absolute Gasteiger partial charge is 0.368 e. The molecule has 5 N–H and O–H groups in total. The van der Waals surface area contributed by atoms with Crippen LogP contribution in [0, 0.1) is 6.92 Å². The van der Waals surface area contributed by atoms with E-state index in [1.54, 1.807) is 0 Å². The highest BCUT2D eigenvalue weighted by Gasteiger charge is 2.01. The molecule has 0 spiro atoms. The third-order valence-corrected chi connectivity index (χ3v) is 2.00. The monoisotopic (exact) mass is 192 g/mol. The van der Waals surface area contributed by atoms with E-state index in [4.69, 9.17) is 5.73 Å². The van der Waals surface area contributed by atoms with Gasteiger partial charge in [-0.2, -0.15) is 4.98 Å². The molecule has 0 saturated carbocycles. The average Bonchev–Trinajstić information content (AvgIpc) is 2.72. The molecule has 2 heterocycles. The van der Waals surface area contributed by atoms with Crippen LogP contribution in [0.3, 0.4) is 0 Å². The molecule has 0 saturated heterocycles. The first kappa shape index (κ1) is 8.61. The third kappa shape index (κ3) is 1.68. The van der Waals surface area contributed by atoms with E-state index in [-0.39, 0.29) is 0 Å². The normalized spacial score (nSPS) is 10.4. The number of aryl methyl sites for hydroxylation is 1. The van der Waals surface area contributed by atoms with Gasteiger partial charge in [-0.15, -0.1) is 5.10 Å². The fourth-order valence-corrected chi connectivity index (χ4v) is 1.19. The summed E-state index contributed by atoms with van der Waals surface area (Å²) in [5, 5.41) is 9.48. The Morgan fingerprint density at radius 1 is 1.50 bits per heavy atom. The van der Waals surface area contributed by atoms with E-state index in [0.29, 0.717) is 18.4 Å². The van der Waals surface area contributed by atoms with Gasteiger partial charge in [-0.05, 0) is 18.1 Å². The Kier molecular flexibility index (Phi) is 2.10. The van der Waals surface area contributed by atoms with Gasteiger partial charge in [-0.25, -0.2) is 5.10 Å². The lowest BCUT2D eigenvalue weighted by Crippen LogP contribution is -2.01. The van der Waals surface area contributed by atoms with Crippen molar-refractivity contribution in [1.29, 1.82) is 0 Å². The van der Waals surface area contributed by atoms with Crippen LogP contribution in [0.15, 0.2) is 12.4 Å². The van der Waals surface area contributed by atoms with E-state index >= 15 is 0 Å². The highest BCUT2D eigenvalue weighted by Crippen LogP contribution is 2.08. The second kappa shape index (κ2) is 3.41. The van der Waals surface area contributed by atoms with Crippen LogP contribution in [0.25, 0.3) is 0 Å². The van der Waals surface area contributed by atoms with Gasteiger partial charge in [0.15, 0.2) is 0 Å². The highest BCUT2D eigenvalue weighted by atomic mass is 15.3. The van der Waals surface area contributed by atoms with Crippen molar-refractivity contribution in [3.8, 4) is 0 Å². The predicted molar refractivity (Wildman–Crippen MR) is 53.7 cm³/mol. The molecule has 0 radical (unpaired) electrons. The minimum Gasteiger partial charge on any atom is -0.368 e. The molecule has 0 aliphatic rings. The van der Waals surface area contributed by atoms with Crippen LogP contribution < -0.4 is 11.1 Å². The second-order valence-corrected chi connectivity index (χ2v) is 3.06. The maximum Gasteiger partial charge on any atom is 0.243 e. The van der Waals surface area contributed by atoms with Crippen LogP contribution in [0.2, 0.25) is 0 Å². The number of anilines is 2. The van der Waals surface area contributed by atoms with E-state index in [1.807, 2.05) is 19.3 Å². The van der Waals surface area contributed by atoms with Gasteiger partial charge in [0, 0.05) is 18.9 Å². The minimum absolute atomic E-state index is 0.318. The van der Waals surface area contributed by atoms with Crippen molar-refractivity contribution in [2.75, 3.05) is 11.1 Å². The Bertz CT molecular complexity index is 415. The van der Waals surface area contributed by atoms with Crippen LogP contribution >= 0.6 is 0 Å². The van der Waals surface area contributed by atoms with E-state index in [2.05, 4.69) is 25.5 Å². The SMILES string of the molecule is Cc1c[nH]cc1CNc1n[nH]c(N)n1. The first-order chi connectivity index (χ1) is 6.75.